The molecule has 1 atom stereocenters. The van der Waals surface area contributed by atoms with Gasteiger partial charge in [0, 0.05) is 28.3 Å². The van der Waals surface area contributed by atoms with Gasteiger partial charge in [0.1, 0.15) is 11.6 Å². The number of rotatable bonds is 5. The third-order valence-electron chi connectivity index (χ3n) is 4.63. The summed E-state index contributed by atoms with van der Waals surface area (Å²) in [6.45, 7) is 5.41. The molecule has 0 fully saturated rings. The van der Waals surface area contributed by atoms with Gasteiger partial charge < -0.3 is 20.8 Å². The smallest absolute Gasteiger partial charge is 0.319 e. The molecule has 8 heteroatoms. The first-order chi connectivity index (χ1) is 13.7. The van der Waals surface area contributed by atoms with Gasteiger partial charge in [0.05, 0.1) is 6.04 Å². The lowest BCUT2D eigenvalue weighted by atomic mass is 9.98. The Morgan fingerprint density at radius 3 is 2.52 bits per heavy atom. The first kappa shape index (κ1) is 20.3. The van der Waals surface area contributed by atoms with Crippen LogP contribution in [-0.2, 0) is 0 Å². The Kier molecular flexibility index (Phi) is 5.54. The molecule has 0 aliphatic heterocycles. The van der Waals surface area contributed by atoms with E-state index in [4.69, 9.17) is 10.2 Å². The van der Waals surface area contributed by atoms with E-state index >= 15 is 0 Å². The average molecular weight is 401 g/mol. The minimum absolute atomic E-state index is 0.0547. The van der Waals surface area contributed by atoms with Crippen LogP contribution in [0.4, 0.5) is 19.3 Å². The number of nitrogens with two attached hydrogens (primary N) is 1. The predicted octanol–water partition coefficient (Wildman–Crippen LogP) is 4.64. The summed E-state index contributed by atoms with van der Waals surface area (Å²) in [5, 5.41) is 5.74. The van der Waals surface area contributed by atoms with Crippen molar-refractivity contribution >= 4 is 28.6 Å². The third-order valence-corrected chi connectivity index (χ3v) is 4.63. The van der Waals surface area contributed by atoms with E-state index in [-0.39, 0.29) is 17.1 Å². The summed E-state index contributed by atoms with van der Waals surface area (Å²) in [5.41, 5.74) is 6.39. The van der Waals surface area contributed by atoms with Crippen molar-refractivity contribution < 1.29 is 22.8 Å². The molecule has 0 bridgehead atoms. The van der Waals surface area contributed by atoms with Gasteiger partial charge in [0.2, 0.25) is 5.91 Å². The quantitative estimate of drug-likeness (QED) is 0.581. The van der Waals surface area contributed by atoms with Crippen molar-refractivity contribution in [3.63, 3.8) is 0 Å². The van der Waals surface area contributed by atoms with Gasteiger partial charge in [-0.3, -0.25) is 4.79 Å². The number of hydrogen-bond acceptors (Lipinski definition) is 3. The topological polar surface area (TPSA) is 97.4 Å². The van der Waals surface area contributed by atoms with Crippen molar-refractivity contribution in [3.05, 3.63) is 64.9 Å². The highest BCUT2D eigenvalue weighted by Crippen LogP contribution is 2.34. The molecule has 0 radical (unpaired) electrons. The van der Waals surface area contributed by atoms with E-state index in [0.29, 0.717) is 22.4 Å². The van der Waals surface area contributed by atoms with Crippen molar-refractivity contribution in [1.82, 2.24) is 5.32 Å². The Morgan fingerprint density at radius 2 is 1.86 bits per heavy atom. The summed E-state index contributed by atoms with van der Waals surface area (Å²) in [6, 6.07) is 7.02. The van der Waals surface area contributed by atoms with Gasteiger partial charge in [-0.15, -0.1) is 0 Å². The first-order valence-corrected chi connectivity index (χ1v) is 9.02. The van der Waals surface area contributed by atoms with Gasteiger partial charge in [-0.25, -0.2) is 13.6 Å². The zero-order valence-electron chi connectivity index (χ0n) is 16.2. The Labute approximate surface area is 166 Å². The Morgan fingerprint density at radius 1 is 1.14 bits per heavy atom. The highest BCUT2D eigenvalue weighted by molar-refractivity contribution is 5.96. The maximum Gasteiger partial charge on any atom is 0.319 e. The van der Waals surface area contributed by atoms with Crippen LogP contribution in [0.5, 0.6) is 0 Å². The minimum Gasteiger partial charge on any atom is -0.455 e. The fourth-order valence-electron chi connectivity index (χ4n) is 3.15. The number of anilines is 1. The number of benzene rings is 2. The molecule has 3 amide bonds. The molecule has 1 heterocycles. The van der Waals surface area contributed by atoms with Gasteiger partial charge in [-0.05, 0) is 37.1 Å². The van der Waals surface area contributed by atoms with E-state index in [9.17, 15) is 18.4 Å². The highest BCUT2D eigenvalue weighted by Gasteiger charge is 2.26. The van der Waals surface area contributed by atoms with Crippen LogP contribution in [-0.4, -0.2) is 11.9 Å². The van der Waals surface area contributed by atoms with Gasteiger partial charge >= 0.3 is 6.03 Å². The summed E-state index contributed by atoms with van der Waals surface area (Å²) in [7, 11) is 0. The normalized spacial score (nSPS) is 12.2. The molecule has 1 unspecified atom stereocenters. The molecule has 1 aromatic heterocycles. The van der Waals surface area contributed by atoms with Crippen molar-refractivity contribution in [3.8, 4) is 0 Å². The average Bonchev–Trinajstić information content (AvgIpc) is 2.96. The minimum atomic E-state index is -0.801. The molecule has 3 aromatic rings. The summed E-state index contributed by atoms with van der Waals surface area (Å²) in [5.74, 6) is -1.87. The zero-order valence-corrected chi connectivity index (χ0v) is 16.2. The van der Waals surface area contributed by atoms with Gasteiger partial charge in [0.15, 0.2) is 11.4 Å². The van der Waals surface area contributed by atoms with E-state index in [1.165, 1.54) is 18.2 Å². The number of aryl methyl sites for hydroxylation is 1. The second kappa shape index (κ2) is 7.90. The molecule has 0 saturated heterocycles. The number of carbonyl (C=O) groups excluding carboxylic acids is 2. The maximum absolute atomic E-state index is 14.1. The van der Waals surface area contributed by atoms with E-state index in [0.717, 1.165) is 6.07 Å². The molecule has 4 N–H and O–H groups in total. The van der Waals surface area contributed by atoms with E-state index in [1.54, 1.807) is 19.1 Å². The summed E-state index contributed by atoms with van der Waals surface area (Å²) in [6.07, 6.45) is 0. The van der Waals surface area contributed by atoms with Crippen LogP contribution in [0, 0.1) is 24.5 Å². The number of urea groups is 1. The fourth-order valence-corrected chi connectivity index (χ4v) is 3.15. The largest absolute Gasteiger partial charge is 0.455 e. The summed E-state index contributed by atoms with van der Waals surface area (Å²) < 4.78 is 33.3. The molecule has 152 valence electrons. The second-order valence-corrected chi connectivity index (χ2v) is 7.12. The molecule has 6 nitrogen and oxygen atoms in total. The number of halogens is 2. The SMILES string of the molecule is Cc1c(C(NC(=O)Nc2cccc(C(N)=O)c2)C(C)C)oc2c(F)cc(F)cc12. The van der Waals surface area contributed by atoms with Crippen LogP contribution in [0.2, 0.25) is 0 Å². The molecule has 2 aromatic carbocycles. The van der Waals surface area contributed by atoms with Crippen molar-refractivity contribution in [2.75, 3.05) is 5.32 Å². The predicted molar refractivity (Wildman–Crippen MR) is 106 cm³/mol. The zero-order chi connectivity index (χ0) is 21.3. The molecule has 29 heavy (non-hydrogen) atoms. The van der Waals surface area contributed by atoms with Gasteiger partial charge in [-0.1, -0.05) is 19.9 Å². The second-order valence-electron chi connectivity index (χ2n) is 7.12. The molecule has 0 saturated carbocycles. The van der Waals surface area contributed by atoms with Crippen LogP contribution in [0.3, 0.4) is 0 Å². The maximum atomic E-state index is 14.1. The molecule has 3 rings (SSSR count). The standard InChI is InChI=1S/C21H21F2N3O3/c1-10(2)17(18-11(3)15-8-13(22)9-16(23)19(15)29-18)26-21(28)25-14-6-4-5-12(7-14)20(24)27/h4-10,17H,1-3H3,(H2,24,27)(H2,25,26,28). The summed E-state index contributed by atoms with van der Waals surface area (Å²) in [4.78, 5) is 23.8. The van der Waals surface area contributed by atoms with E-state index in [1.807, 2.05) is 13.8 Å². The van der Waals surface area contributed by atoms with Gasteiger partial charge in [-0.2, -0.15) is 0 Å². The van der Waals surface area contributed by atoms with E-state index in [2.05, 4.69) is 10.6 Å². The van der Waals surface area contributed by atoms with Crippen molar-refractivity contribution in [2.24, 2.45) is 11.7 Å². The number of hydrogen-bond donors (Lipinski definition) is 3. The number of fused-ring (bicyclic) bond motifs is 1. The fraction of sp³-hybridized carbons (Fsp3) is 0.238. The molecular formula is C21H21F2N3O3. The Bertz CT molecular complexity index is 1090. The van der Waals surface area contributed by atoms with Crippen LogP contribution in [0.15, 0.2) is 40.8 Å². The number of carbonyl (C=O) groups is 2. The Balaban J connectivity index is 1.87. The summed E-state index contributed by atoms with van der Waals surface area (Å²) >= 11 is 0. The Hall–Kier alpha value is -3.42. The van der Waals surface area contributed by atoms with E-state index < -0.39 is 29.6 Å². The molecular weight excluding hydrogens is 380 g/mol. The number of primary amides is 1. The highest BCUT2D eigenvalue weighted by atomic mass is 19.1. The number of amides is 3. The molecule has 0 aliphatic rings. The van der Waals surface area contributed by atoms with Gasteiger partial charge in [0.25, 0.3) is 0 Å². The van der Waals surface area contributed by atoms with Crippen LogP contribution < -0.4 is 16.4 Å². The first-order valence-electron chi connectivity index (χ1n) is 9.02. The molecule has 0 aliphatic carbocycles. The molecule has 0 spiro atoms. The lowest BCUT2D eigenvalue weighted by molar-refractivity contribution is 0.1000. The monoisotopic (exact) mass is 401 g/mol. The number of furan rings is 1. The van der Waals surface area contributed by atoms with Crippen molar-refractivity contribution in [1.29, 1.82) is 0 Å². The number of nitrogens with one attached hydrogen (secondary N) is 2. The van der Waals surface area contributed by atoms with Crippen LogP contribution >= 0.6 is 0 Å². The lowest BCUT2D eigenvalue weighted by Gasteiger charge is -2.21. The lowest BCUT2D eigenvalue weighted by Crippen LogP contribution is -2.35. The van der Waals surface area contributed by atoms with Crippen LogP contribution in [0.25, 0.3) is 11.0 Å². The van der Waals surface area contributed by atoms with Crippen molar-refractivity contribution in [2.45, 2.75) is 26.8 Å². The third kappa shape index (κ3) is 4.21. The van der Waals surface area contributed by atoms with Crippen LogP contribution in [0.1, 0.15) is 41.6 Å².